The number of ether oxygens (including phenoxy) is 1. The molecule has 2 aromatic rings. The largest absolute Gasteiger partial charge is 0.491 e. The Balaban J connectivity index is 2.08. The first-order valence-electron chi connectivity index (χ1n) is 6.20. The quantitative estimate of drug-likeness (QED) is 0.923. The van der Waals surface area contributed by atoms with E-state index in [0.717, 1.165) is 5.56 Å². The number of amides is 1. The summed E-state index contributed by atoms with van der Waals surface area (Å²) in [6, 6.07) is 10.7. The van der Waals surface area contributed by atoms with Gasteiger partial charge in [-0.2, -0.15) is 0 Å². The molecule has 0 radical (unpaired) electrons. The molecule has 5 nitrogen and oxygen atoms in total. The lowest BCUT2D eigenvalue weighted by molar-refractivity contribution is -0.116. The number of carbonyl (C=O) groups excluding carboxylic acids is 1. The van der Waals surface area contributed by atoms with Crippen molar-refractivity contribution in [1.29, 1.82) is 0 Å². The zero-order chi connectivity index (χ0) is 14.5. The van der Waals surface area contributed by atoms with E-state index < -0.39 is 0 Å². The highest BCUT2D eigenvalue weighted by atomic mass is 16.5. The van der Waals surface area contributed by atoms with Crippen molar-refractivity contribution in [3.05, 3.63) is 58.5 Å². The Morgan fingerprint density at radius 1 is 1.25 bits per heavy atom. The first-order chi connectivity index (χ1) is 9.60. The second kappa shape index (κ2) is 6.06. The van der Waals surface area contributed by atoms with E-state index >= 15 is 0 Å². The maximum absolute atomic E-state index is 11.9. The van der Waals surface area contributed by atoms with Crippen molar-refractivity contribution < 1.29 is 9.53 Å². The first-order valence-corrected chi connectivity index (χ1v) is 6.20. The summed E-state index contributed by atoms with van der Waals surface area (Å²) in [5.74, 6) is -0.0418. The molecule has 0 aliphatic heterocycles. The van der Waals surface area contributed by atoms with E-state index in [2.05, 4.69) is 5.32 Å². The van der Waals surface area contributed by atoms with Crippen LogP contribution in [0.15, 0.2) is 47.4 Å². The fourth-order valence-electron chi connectivity index (χ4n) is 1.79. The van der Waals surface area contributed by atoms with E-state index in [4.69, 9.17) is 4.74 Å². The van der Waals surface area contributed by atoms with Gasteiger partial charge in [0.05, 0.1) is 7.11 Å². The van der Waals surface area contributed by atoms with Crippen LogP contribution in [0.4, 0.5) is 5.69 Å². The van der Waals surface area contributed by atoms with E-state index in [-0.39, 0.29) is 23.8 Å². The van der Waals surface area contributed by atoms with Gasteiger partial charge in [-0.05, 0) is 31.2 Å². The molecule has 0 aliphatic rings. The lowest BCUT2D eigenvalue weighted by atomic mass is 10.2. The van der Waals surface area contributed by atoms with Gasteiger partial charge in [0.15, 0.2) is 5.75 Å². The SMILES string of the molecule is COc1cccn(CC(=O)Nc2ccc(C)cc2)c1=O. The number of methoxy groups -OCH3 is 1. The predicted molar refractivity (Wildman–Crippen MR) is 77.1 cm³/mol. The first kappa shape index (κ1) is 13.9. The molecule has 0 fully saturated rings. The van der Waals surface area contributed by atoms with Crippen LogP contribution in [0, 0.1) is 6.92 Å². The molecule has 1 aromatic heterocycles. The fourth-order valence-corrected chi connectivity index (χ4v) is 1.79. The van der Waals surface area contributed by atoms with Gasteiger partial charge < -0.3 is 14.6 Å². The summed E-state index contributed by atoms with van der Waals surface area (Å²) >= 11 is 0. The third-order valence-corrected chi connectivity index (χ3v) is 2.85. The highest BCUT2D eigenvalue weighted by molar-refractivity contribution is 5.90. The maximum Gasteiger partial charge on any atom is 0.293 e. The number of pyridine rings is 1. The number of aryl methyl sites for hydroxylation is 1. The number of nitrogens with one attached hydrogen (secondary N) is 1. The summed E-state index contributed by atoms with van der Waals surface area (Å²) in [6.45, 7) is 1.92. The lowest BCUT2D eigenvalue weighted by Crippen LogP contribution is -2.27. The summed E-state index contributed by atoms with van der Waals surface area (Å²) < 4.78 is 6.24. The minimum Gasteiger partial charge on any atom is -0.491 e. The number of rotatable bonds is 4. The third-order valence-electron chi connectivity index (χ3n) is 2.85. The molecule has 1 aromatic carbocycles. The number of hydrogen-bond donors (Lipinski definition) is 1. The molecule has 104 valence electrons. The minimum absolute atomic E-state index is 0.0517. The van der Waals surface area contributed by atoms with Crippen molar-refractivity contribution in [3.63, 3.8) is 0 Å². The van der Waals surface area contributed by atoms with Gasteiger partial charge in [-0.25, -0.2) is 0 Å². The van der Waals surface area contributed by atoms with Crippen molar-refractivity contribution in [3.8, 4) is 5.75 Å². The van der Waals surface area contributed by atoms with Crippen LogP contribution in [0.3, 0.4) is 0 Å². The number of carbonyl (C=O) groups is 1. The number of benzene rings is 1. The second-order valence-electron chi connectivity index (χ2n) is 4.42. The Labute approximate surface area is 116 Å². The third kappa shape index (κ3) is 3.26. The molecule has 0 spiro atoms. The predicted octanol–water partition coefficient (Wildman–Crippen LogP) is 1.80. The van der Waals surface area contributed by atoms with Crippen molar-refractivity contribution in [2.45, 2.75) is 13.5 Å². The monoisotopic (exact) mass is 272 g/mol. The molecule has 0 bridgehead atoms. The van der Waals surface area contributed by atoms with E-state index in [9.17, 15) is 9.59 Å². The molecule has 5 heteroatoms. The number of anilines is 1. The summed E-state index contributed by atoms with van der Waals surface area (Å²) in [6.07, 6.45) is 1.56. The Morgan fingerprint density at radius 2 is 1.95 bits per heavy atom. The van der Waals surface area contributed by atoms with Crippen LogP contribution in [-0.2, 0) is 11.3 Å². The molecule has 0 saturated heterocycles. The normalized spacial score (nSPS) is 10.1. The Bertz CT molecular complexity index is 660. The summed E-state index contributed by atoms with van der Waals surface area (Å²) in [5, 5.41) is 2.74. The van der Waals surface area contributed by atoms with E-state index in [1.807, 2.05) is 31.2 Å². The van der Waals surface area contributed by atoms with E-state index in [1.54, 1.807) is 18.3 Å². The average molecular weight is 272 g/mol. The molecule has 2 rings (SSSR count). The molecular formula is C15H16N2O3. The molecule has 20 heavy (non-hydrogen) atoms. The zero-order valence-electron chi connectivity index (χ0n) is 11.4. The standard InChI is InChI=1S/C15H16N2O3/c1-11-5-7-12(8-6-11)16-14(18)10-17-9-3-4-13(20-2)15(17)19/h3-9H,10H2,1-2H3,(H,16,18). The van der Waals surface area contributed by atoms with Crippen molar-refractivity contribution in [2.75, 3.05) is 12.4 Å². The fraction of sp³-hybridized carbons (Fsp3) is 0.200. The van der Waals surface area contributed by atoms with Crippen LogP contribution >= 0.6 is 0 Å². The van der Waals surface area contributed by atoms with Crippen LogP contribution in [0.2, 0.25) is 0 Å². The van der Waals surface area contributed by atoms with Crippen molar-refractivity contribution in [1.82, 2.24) is 4.57 Å². The highest BCUT2D eigenvalue weighted by Gasteiger charge is 2.07. The molecule has 0 saturated carbocycles. The van der Waals surface area contributed by atoms with Gasteiger partial charge in [0.25, 0.3) is 5.56 Å². The van der Waals surface area contributed by atoms with Crippen LogP contribution < -0.4 is 15.6 Å². The molecule has 0 atom stereocenters. The van der Waals surface area contributed by atoms with Gasteiger partial charge in [0.1, 0.15) is 6.54 Å². The Hall–Kier alpha value is -2.56. The molecular weight excluding hydrogens is 256 g/mol. The van der Waals surface area contributed by atoms with Gasteiger partial charge in [-0.15, -0.1) is 0 Å². The van der Waals surface area contributed by atoms with Crippen LogP contribution in [-0.4, -0.2) is 17.6 Å². The second-order valence-corrected chi connectivity index (χ2v) is 4.42. The number of aromatic nitrogens is 1. The van der Waals surface area contributed by atoms with Crippen molar-refractivity contribution >= 4 is 11.6 Å². The van der Waals surface area contributed by atoms with Crippen LogP contribution in [0.1, 0.15) is 5.56 Å². The van der Waals surface area contributed by atoms with Gasteiger partial charge in [0.2, 0.25) is 5.91 Å². The van der Waals surface area contributed by atoms with Crippen LogP contribution in [0.5, 0.6) is 5.75 Å². The van der Waals surface area contributed by atoms with Gasteiger partial charge in [-0.1, -0.05) is 17.7 Å². The number of nitrogens with zero attached hydrogens (tertiary/aromatic N) is 1. The zero-order valence-corrected chi connectivity index (χ0v) is 11.4. The Morgan fingerprint density at radius 3 is 2.60 bits per heavy atom. The highest BCUT2D eigenvalue weighted by Crippen LogP contribution is 2.08. The van der Waals surface area contributed by atoms with Crippen LogP contribution in [0.25, 0.3) is 0 Å². The number of hydrogen-bond acceptors (Lipinski definition) is 3. The summed E-state index contributed by atoms with van der Waals surface area (Å²) in [5.41, 5.74) is 1.50. The molecule has 0 unspecified atom stereocenters. The molecule has 0 aliphatic carbocycles. The molecule has 1 heterocycles. The topological polar surface area (TPSA) is 60.3 Å². The Kier molecular flexibility index (Phi) is 4.20. The van der Waals surface area contributed by atoms with Gasteiger partial charge in [-0.3, -0.25) is 9.59 Å². The van der Waals surface area contributed by atoms with E-state index in [0.29, 0.717) is 5.69 Å². The molecule has 1 N–H and O–H groups in total. The smallest absolute Gasteiger partial charge is 0.293 e. The summed E-state index contributed by atoms with van der Waals surface area (Å²) in [7, 11) is 1.42. The molecule has 1 amide bonds. The van der Waals surface area contributed by atoms with Gasteiger partial charge in [0, 0.05) is 11.9 Å². The van der Waals surface area contributed by atoms with Gasteiger partial charge >= 0.3 is 0 Å². The average Bonchev–Trinajstić information content (AvgIpc) is 2.44. The maximum atomic E-state index is 11.9. The minimum atomic E-state index is -0.325. The van der Waals surface area contributed by atoms with E-state index in [1.165, 1.54) is 11.7 Å². The summed E-state index contributed by atoms with van der Waals surface area (Å²) in [4.78, 5) is 23.8. The lowest BCUT2D eigenvalue weighted by Gasteiger charge is -2.08. The van der Waals surface area contributed by atoms with Crippen molar-refractivity contribution in [2.24, 2.45) is 0 Å².